The molecule has 0 atom stereocenters. The number of aromatic carboxylic acids is 1. The molecule has 0 heterocycles. The Labute approximate surface area is 156 Å². The van der Waals surface area contributed by atoms with Crippen molar-refractivity contribution in [3.63, 3.8) is 0 Å². The number of benzene rings is 3. The fraction of sp³-hybridized carbons (Fsp3) is 0. The van der Waals surface area contributed by atoms with Crippen molar-refractivity contribution in [1.82, 2.24) is 0 Å². The lowest BCUT2D eigenvalue weighted by Gasteiger charge is -2.08. The molecule has 0 aliphatic carbocycles. The molecule has 0 fully saturated rings. The van der Waals surface area contributed by atoms with Crippen LogP contribution in [-0.2, 0) is 0 Å². The van der Waals surface area contributed by atoms with E-state index in [1.807, 2.05) is 54.6 Å². The summed E-state index contributed by atoms with van der Waals surface area (Å²) in [6.07, 6.45) is 3.89. The van der Waals surface area contributed by atoms with Gasteiger partial charge in [-0.25, -0.2) is 4.79 Å². The third kappa shape index (κ3) is 4.30. The Morgan fingerprint density at radius 1 is 0.800 bits per heavy atom. The van der Waals surface area contributed by atoms with Gasteiger partial charge in [0.2, 0.25) is 0 Å². The van der Waals surface area contributed by atoms with Crippen molar-refractivity contribution in [2.24, 2.45) is 0 Å². The van der Waals surface area contributed by atoms with Gasteiger partial charge >= 0.3 is 5.97 Å². The molecule has 4 heteroatoms. The van der Waals surface area contributed by atoms with Crippen LogP contribution in [0, 0.1) is 0 Å². The Morgan fingerprint density at radius 2 is 1.44 bits per heavy atom. The normalized spacial score (nSPS) is 11.0. The summed E-state index contributed by atoms with van der Waals surface area (Å²) in [5.41, 5.74) is 4.23. The first kappa shape index (κ1) is 17.3. The maximum atomic E-state index is 10.9. The summed E-state index contributed by atoms with van der Waals surface area (Å²) in [7, 11) is 0. The minimum atomic E-state index is -0.935. The maximum Gasteiger partial charge on any atom is 0.335 e. The summed E-state index contributed by atoms with van der Waals surface area (Å²) < 4.78 is 0. The van der Waals surface area contributed by atoms with E-state index in [-0.39, 0.29) is 5.56 Å². The highest BCUT2D eigenvalue weighted by Gasteiger charge is 2.05. The quantitative estimate of drug-likeness (QED) is 0.531. The third-order valence-corrected chi connectivity index (χ3v) is 4.27. The minimum absolute atomic E-state index is 0.266. The van der Waals surface area contributed by atoms with Crippen LogP contribution in [0.3, 0.4) is 0 Å². The highest BCUT2D eigenvalue weighted by molar-refractivity contribution is 6.31. The van der Waals surface area contributed by atoms with Crippen LogP contribution in [0.4, 0.5) is 0 Å². The van der Waals surface area contributed by atoms with E-state index in [0.717, 1.165) is 22.3 Å². The molecule has 124 valence electrons. The molecule has 1 N–H and O–H groups in total. The topological polar surface area (TPSA) is 37.3 Å². The van der Waals surface area contributed by atoms with Crippen LogP contribution in [0.2, 0.25) is 10.0 Å². The van der Waals surface area contributed by atoms with Crippen LogP contribution in [-0.4, -0.2) is 11.1 Å². The minimum Gasteiger partial charge on any atom is -0.478 e. The highest BCUT2D eigenvalue weighted by Crippen LogP contribution is 2.29. The summed E-state index contributed by atoms with van der Waals surface area (Å²) in [4.78, 5) is 10.9. The first-order chi connectivity index (χ1) is 12.0. The molecule has 0 amide bonds. The number of rotatable bonds is 4. The van der Waals surface area contributed by atoms with Crippen molar-refractivity contribution in [1.29, 1.82) is 0 Å². The van der Waals surface area contributed by atoms with Gasteiger partial charge in [0.05, 0.1) is 5.56 Å². The average Bonchev–Trinajstić information content (AvgIpc) is 2.61. The SMILES string of the molecule is O=C(O)c1ccc(C=Cc2cc(Cl)ccc2-c2ccc(Cl)cc2)cc1. The second-order valence-electron chi connectivity index (χ2n) is 5.50. The molecule has 0 aliphatic rings. The van der Waals surface area contributed by atoms with Crippen LogP contribution in [0.25, 0.3) is 23.3 Å². The summed E-state index contributed by atoms with van der Waals surface area (Å²) >= 11 is 12.1. The summed E-state index contributed by atoms with van der Waals surface area (Å²) in [5.74, 6) is -0.935. The molecule has 0 radical (unpaired) electrons. The molecule has 0 aliphatic heterocycles. The van der Waals surface area contributed by atoms with E-state index >= 15 is 0 Å². The highest BCUT2D eigenvalue weighted by atomic mass is 35.5. The van der Waals surface area contributed by atoms with Gasteiger partial charge in [0.15, 0.2) is 0 Å². The lowest BCUT2D eigenvalue weighted by Crippen LogP contribution is -1.94. The van der Waals surface area contributed by atoms with E-state index in [9.17, 15) is 4.79 Å². The van der Waals surface area contributed by atoms with Gasteiger partial charge in [0.1, 0.15) is 0 Å². The van der Waals surface area contributed by atoms with Gasteiger partial charge in [-0.1, -0.05) is 65.7 Å². The first-order valence-electron chi connectivity index (χ1n) is 7.60. The molecule has 2 nitrogen and oxygen atoms in total. The number of hydrogen-bond acceptors (Lipinski definition) is 1. The van der Waals surface area contributed by atoms with Crippen molar-refractivity contribution >= 4 is 41.3 Å². The van der Waals surface area contributed by atoms with Crippen molar-refractivity contribution in [2.45, 2.75) is 0 Å². The monoisotopic (exact) mass is 368 g/mol. The van der Waals surface area contributed by atoms with Crippen LogP contribution >= 0.6 is 23.2 Å². The van der Waals surface area contributed by atoms with Crippen molar-refractivity contribution in [3.05, 3.63) is 93.5 Å². The number of halogens is 2. The Balaban J connectivity index is 1.94. The average molecular weight is 369 g/mol. The van der Waals surface area contributed by atoms with Crippen molar-refractivity contribution < 1.29 is 9.90 Å². The molecule has 0 unspecified atom stereocenters. The molecule has 0 saturated carbocycles. The van der Waals surface area contributed by atoms with E-state index in [1.54, 1.807) is 24.3 Å². The van der Waals surface area contributed by atoms with E-state index < -0.39 is 5.97 Å². The molecule has 0 saturated heterocycles. The molecule has 0 spiro atoms. The van der Waals surface area contributed by atoms with Gasteiger partial charge in [-0.2, -0.15) is 0 Å². The largest absolute Gasteiger partial charge is 0.478 e. The van der Waals surface area contributed by atoms with Crippen LogP contribution < -0.4 is 0 Å². The van der Waals surface area contributed by atoms with E-state index in [2.05, 4.69) is 0 Å². The Morgan fingerprint density at radius 3 is 2.08 bits per heavy atom. The Kier molecular flexibility index (Phi) is 5.22. The predicted molar refractivity (Wildman–Crippen MR) is 104 cm³/mol. The number of carboxylic acids is 1. The number of carboxylic acid groups (broad SMARTS) is 1. The lowest BCUT2D eigenvalue weighted by molar-refractivity contribution is 0.0697. The summed E-state index contributed by atoms with van der Waals surface area (Å²) in [6, 6.07) is 20.1. The summed E-state index contributed by atoms with van der Waals surface area (Å²) in [5, 5.41) is 10.3. The van der Waals surface area contributed by atoms with E-state index in [0.29, 0.717) is 10.0 Å². The zero-order valence-electron chi connectivity index (χ0n) is 13.1. The Bertz CT molecular complexity index is 927. The number of carbonyl (C=O) groups is 1. The van der Waals surface area contributed by atoms with Crippen molar-refractivity contribution in [3.8, 4) is 11.1 Å². The van der Waals surface area contributed by atoms with Gasteiger partial charge in [0, 0.05) is 10.0 Å². The van der Waals surface area contributed by atoms with Gasteiger partial charge in [-0.3, -0.25) is 0 Å². The van der Waals surface area contributed by atoms with Gasteiger partial charge in [0.25, 0.3) is 0 Å². The molecule has 0 bridgehead atoms. The zero-order chi connectivity index (χ0) is 17.8. The van der Waals surface area contributed by atoms with Crippen molar-refractivity contribution in [2.75, 3.05) is 0 Å². The third-order valence-electron chi connectivity index (χ3n) is 3.78. The molecular weight excluding hydrogens is 355 g/mol. The summed E-state index contributed by atoms with van der Waals surface area (Å²) in [6.45, 7) is 0. The Hall–Kier alpha value is -2.55. The van der Waals surface area contributed by atoms with Gasteiger partial charge in [-0.15, -0.1) is 0 Å². The maximum absolute atomic E-state index is 10.9. The number of hydrogen-bond donors (Lipinski definition) is 1. The van der Waals surface area contributed by atoms with E-state index in [1.165, 1.54) is 0 Å². The van der Waals surface area contributed by atoms with Crippen LogP contribution in [0.5, 0.6) is 0 Å². The molecular formula is C21H14Cl2O2. The fourth-order valence-corrected chi connectivity index (χ4v) is 2.79. The standard InChI is InChI=1S/C21H14Cl2O2/c22-18-9-7-15(8-10-18)20-12-11-19(23)13-17(20)6-3-14-1-4-16(5-2-14)21(24)25/h1-13H,(H,24,25). The molecule has 0 aromatic heterocycles. The van der Waals surface area contributed by atoms with E-state index in [4.69, 9.17) is 28.3 Å². The molecule has 3 rings (SSSR count). The predicted octanol–water partition coefficient (Wildman–Crippen LogP) is 6.53. The fourth-order valence-electron chi connectivity index (χ4n) is 2.49. The molecule has 25 heavy (non-hydrogen) atoms. The van der Waals surface area contributed by atoms with Gasteiger partial charge < -0.3 is 5.11 Å². The van der Waals surface area contributed by atoms with Crippen LogP contribution in [0.1, 0.15) is 21.5 Å². The smallest absolute Gasteiger partial charge is 0.335 e. The lowest BCUT2D eigenvalue weighted by atomic mass is 9.99. The second kappa shape index (κ2) is 7.56. The zero-order valence-corrected chi connectivity index (χ0v) is 14.6. The first-order valence-corrected chi connectivity index (χ1v) is 8.35. The molecule has 3 aromatic carbocycles. The van der Waals surface area contributed by atoms with Gasteiger partial charge in [-0.05, 0) is 58.7 Å². The van der Waals surface area contributed by atoms with Crippen LogP contribution in [0.15, 0.2) is 66.7 Å². The molecule has 3 aromatic rings. The second-order valence-corrected chi connectivity index (χ2v) is 6.37.